The van der Waals surface area contributed by atoms with E-state index in [0.29, 0.717) is 16.3 Å². The molecule has 0 fully saturated rings. The molecule has 0 saturated carbocycles. The van der Waals surface area contributed by atoms with Crippen molar-refractivity contribution in [1.29, 1.82) is 0 Å². The second-order valence-electron chi connectivity index (χ2n) is 5.86. The van der Waals surface area contributed by atoms with Gasteiger partial charge >= 0.3 is 0 Å². The summed E-state index contributed by atoms with van der Waals surface area (Å²) in [6, 6.07) is 16.8. The van der Waals surface area contributed by atoms with Crippen LogP contribution in [0, 0.1) is 13.8 Å². The number of aryl methyl sites for hydroxylation is 2. The van der Waals surface area contributed by atoms with Gasteiger partial charge in [-0.15, -0.1) is 11.3 Å². The topological polar surface area (TPSA) is 75.3 Å². The Hall–Kier alpha value is -2.64. The van der Waals surface area contributed by atoms with E-state index in [4.69, 9.17) is 0 Å². The molecule has 0 aliphatic carbocycles. The molecule has 0 unspecified atom stereocenters. The highest BCUT2D eigenvalue weighted by molar-refractivity contribution is 7.92. The van der Waals surface area contributed by atoms with Crippen LogP contribution in [0.5, 0.6) is 0 Å². The zero-order valence-corrected chi connectivity index (χ0v) is 15.9. The molecule has 2 aromatic carbocycles. The number of amides is 1. The Bertz CT molecular complexity index is 1020. The number of hydrogen-bond acceptors (Lipinski definition) is 4. The molecular formula is C19H18N2O3S2. The largest absolute Gasteiger partial charge is 0.321 e. The first kappa shape index (κ1) is 18.2. The first-order valence-electron chi connectivity index (χ1n) is 7.91. The van der Waals surface area contributed by atoms with E-state index in [1.165, 1.54) is 11.3 Å². The molecule has 0 aliphatic rings. The number of nitrogens with one attached hydrogen (secondary N) is 2. The van der Waals surface area contributed by atoms with E-state index in [1.54, 1.807) is 54.6 Å². The van der Waals surface area contributed by atoms with Crippen LogP contribution in [0.1, 0.15) is 20.1 Å². The predicted molar refractivity (Wildman–Crippen MR) is 105 cm³/mol. The lowest BCUT2D eigenvalue weighted by Crippen LogP contribution is -2.13. The quantitative estimate of drug-likeness (QED) is 0.682. The van der Waals surface area contributed by atoms with E-state index in [1.807, 2.05) is 19.9 Å². The summed E-state index contributed by atoms with van der Waals surface area (Å²) in [5, 5.41) is 2.79. The number of sulfonamides is 1. The van der Waals surface area contributed by atoms with E-state index in [2.05, 4.69) is 10.0 Å². The Kier molecular flexibility index (Phi) is 5.11. The van der Waals surface area contributed by atoms with Gasteiger partial charge in [-0.25, -0.2) is 8.42 Å². The molecular weight excluding hydrogens is 368 g/mol. The lowest BCUT2D eigenvalue weighted by atomic mass is 10.2. The molecule has 0 bridgehead atoms. The molecule has 2 N–H and O–H groups in total. The number of thiophene rings is 1. The number of carbonyl (C=O) groups is 1. The Balaban J connectivity index is 1.69. The highest BCUT2D eigenvalue weighted by atomic mass is 32.2. The van der Waals surface area contributed by atoms with Crippen molar-refractivity contribution in [1.82, 2.24) is 0 Å². The first-order chi connectivity index (χ1) is 12.3. The molecule has 1 aromatic heterocycles. The fraction of sp³-hybridized carbons (Fsp3) is 0.105. The van der Waals surface area contributed by atoms with Crippen LogP contribution in [0.25, 0.3) is 0 Å². The normalized spacial score (nSPS) is 11.2. The fourth-order valence-corrected chi connectivity index (χ4v) is 4.12. The summed E-state index contributed by atoms with van der Waals surface area (Å²) in [6.07, 6.45) is 0. The number of hydrogen-bond donors (Lipinski definition) is 2. The standard InChI is InChI=1S/C19H18N2O3S2/c1-13-3-10-17(11-4-13)26(23,24)21-16-8-6-15(7-9-16)20-19(22)18-12-5-14(2)25-18/h3-12,21H,1-2H3,(H,20,22). The van der Waals surface area contributed by atoms with Gasteiger partial charge in [0.25, 0.3) is 15.9 Å². The third-order valence-electron chi connectivity index (χ3n) is 3.69. The lowest BCUT2D eigenvalue weighted by molar-refractivity contribution is 0.103. The minimum absolute atomic E-state index is 0.184. The van der Waals surface area contributed by atoms with Gasteiger partial charge in [0, 0.05) is 16.3 Å². The number of carbonyl (C=O) groups excluding carboxylic acids is 1. The minimum atomic E-state index is -3.64. The lowest BCUT2D eigenvalue weighted by Gasteiger charge is -2.09. The van der Waals surface area contributed by atoms with Crippen LogP contribution in [0.3, 0.4) is 0 Å². The molecule has 7 heteroatoms. The van der Waals surface area contributed by atoms with E-state index in [9.17, 15) is 13.2 Å². The molecule has 1 heterocycles. The van der Waals surface area contributed by atoms with Gasteiger partial charge in [-0.1, -0.05) is 17.7 Å². The molecule has 3 rings (SSSR count). The third-order valence-corrected chi connectivity index (χ3v) is 6.09. The summed E-state index contributed by atoms with van der Waals surface area (Å²) in [5.41, 5.74) is 2.01. The molecule has 0 spiro atoms. The molecule has 0 aliphatic heterocycles. The van der Waals surface area contributed by atoms with Gasteiger partial charge in [-0.3, -0.25) is 9.52 Å². The van der Waals surface area contributed by atoms with Gasteiger partial charge in [0.05, 0.1) is 9.77 Å². The molecule has 26 heavy (non-hydrogen) atoms. The maximum absolute atomic E-state index is 12.4. The van der Waals surface area contributed by atoms with Gasteiger partial charge in [-0.2, -0.15) is 0 Å². The Morgan fingerprint density at radius 3 is 2.04 bits per heavy atom. The summed E-state index contributed by atoms with van der Waals surface area (Å²) in [7, 11) is -3.64. The molecule has 3 aromatic rings. The zero-order valence-electron chi connectivity index (χ0n) is 14.3. The van der Waals surface area contributed by atoms with E-state index < -0.39 is 10.0 Å². The maximum Gasteiger partial charge on any atom is 0.265 e. The minimum Gasteiger partial charge on any atom is -0.321 e. The second-order valence-corrected chi connectivity index (χ2v) is 8.83. The molecule has 134 valence electrons. The number of rotatable bonds is 5. The average molecular weight is 386 g/mol. The van der Waals surface area contributed by atoms with E-state index >= 15 is 0 Å². The number of benzene rings is 2. The van der Waals surface area contributed by atoms with Crippen LogP contribution < -0.4 is 10.0 Å². The summed E-state index contributed by atoms with van der Waals surface area (Å²) in [5.74, 6) is -0.184. The summed E-state index contributed by atoms with van der Waals surface area (Å²) < 4.78 is 27.3. The molecule has 5 nitrogen and oxygen atoms in total. The van der Waals surface area contributed by atoms with E-state index in [0.717, 1.165) is 10.4 Å². The highest BCUT2D eigenvalue weighted by Crippen LogP contribution is 2.21. The second kappa shape index (κ2) is 7.31. The average Bonchev–Trinajstić information content (AvgIpc) is 3.03. The van der Waals surface area contributed by atoms with Crippen molar-refractivity contribution >= 4 is 38.6 Å². The SMILES string of the molecule is Cc1ccc(S(=O)(=O)Nc2ccc(NC(=O)c3ccc(C)s3)cc2)cc1. The third kappa shape index (κ3) is 4.30. The Morgan fingerprint density at radius 1 is 0.846 bits per heavy atom. The van der Waals surface area contributed by atoms with Crippen molar-refractivity contribution in [3.8, 4) is 0 Å². The monoisotopic (exact) mass is 386 g/mol. The predicted octanol–water partition coefficient (Wildman–Crippen LogP) is 4.42. The van der Waals surface area contributed by atoms with Gasteiger partial charge in [0.2, 0.25) is 0 Å². The molecule has 1 amide bonds. The first-order valence-corrected chi connectivity index (χ1v) is 10.2. The molecule has 0 saturated heterocycles. The van der Waals surface area contributed by atoms with Crippen molar-refractivity contribution in [2.24, 2.45) is 0 Å². The molecule has 0 atom stereocenters. The van der Waals surface area contributed by atoms with Crippen molar-refractivity contribution in [2.75, 3.05) is 10.0 Å². The van der Waals surface area contributed by atoms with Crippen LogP contribution in [-0.4, -0.2) is 14.3 Å². The number of anilines is 2. The van der Waals surface area contributed by atoms with Gasteiger partial charge in [0.1, 0.15) is 0 Å². The van der Waals surface area contributed by atoms with Crippen molar-refractivity contribution in [3.63, 3.8) is 0 Å². The van der Waals surface area contributed by atoms with E-state index in [-0.39, 0.29) is 10.8 Å². The van der Waals surface area contributed by atoms with Crippen LogP contribution in [0.4, 0.5) is 11.4 Å². The smallest absolute Gasteiger partial charge is 0.265 e. The van der Waals surface area contributed by atoms with Crippen LogP contribution in [-0.2, 0) is 10.0 Å². The molecule has 0 radical (unpaired) electrons. The van der Waals surface area contributed by atoms with Crippen LogP contribution in [0.15, 0.2) is 65.6 Å². The highest BCUT2D eigenvalue weighted by Gasteiger charge is 2.14. The van der Waals surface area contributed by atoms with Crippen LogP contribution in [0.2, 0.25) is 0 Å². The fourth-order valence-electron chi connectivity index (χ4n) is 2.30. The van der Waals surface area contributed by atoms with Crippen molar-refractivity contribution in [3.05, 3.63) is 76.0 Å². The van der Waals surface area contributed by atoms with Crippen LogP contribution >= 0.6 is 11.3 Å². The van der Waals surface area contributed by atoms with Crippen molar-refractivity contribution in [2.45, 2.75) is 18.7 Å². The van der Waals surface area contributed by atoms with Gasteiger partial charge in [0.15, 0.2) is 0 Å². The Morgan fingerprint density at radius 2 is 1.46 bits per heavy atom. The zero-order chi connectivity index (χ0) is 18.7. The summed E-state index contributed by atoms with van der Waals surface area (Å²) in [6.45, 7) is 3.84. The van der Waals surface area contributed by atoms with Gasteiger partial charge in [-0.05, 0) is 62.4 Å². The summed E-state index contributed by atoms with van der Waals surface area (Å²) in [4.78, 5) is 14.0. The Labute approximate surface area is 156 Å². The summed E-state index contributed by atoms with van der Waals surface area (Å²) >= 11 is 1.42. The van der Waals surface area contributed by atoms with Crippen molar-refractivity contribution < 1.29 is 13.2 Å². The maximum atomic E-state index is 12.4. The van der Waals surface area contributed by atoms with Gasteiger partial charge < -0.3 is 5.32 Å².